The molecule has 2 aliphatic rings. The molecular formula is C37H38Cl2N8O5. The topological polar surface area (TPSA) is 165 Å². The zero-order valence-corrected chi connectivity index (χ0v) is 30.2. The number of pyridine rings is 3. The number of ether oxygens (including phenoxy) is 2. The Morgan fingerprint density at radius 2 is 1.85 bits per heavy atom. The number of carboxylic acid groups (broad SMARTS) is 1. The lowest BCUT2D eigenvalue weighted by Gasteiger charge is -2.15. The van der Waals surface area contributed by atoms with Gasteiger partial charge in [0.25, 0.3) is 0 Å². The van der Waals surface area contributed by atoms with E-state index in [4.69, 9.17) is 37.7 Å². The molecule has 1 aliphatic carbocycles. The average molecular weight is 746 g/mol. The van der Waals surface area contributed by atoms with Crippen molar-refractivity contribution >= 4 is 40.7 Å². The molecule has 5 aromatic rings. The van der Waals surface area contributed by atoms with Gasteiger partial charge < -0.3 is 30.5 Å². The number of nitrogens with one attached hydrogen (secondary N) is 3. The molecule has 5 heterocycles. The van der Waals surface area contributed by atoms with Crippen LogP contribution in [0, 0.1) is 5.41 Å². The number of benzene rings is 1. The molecule has 0 bridgehead atoms. The molecule has 7 rings (SSSR count). The van der Waals surface area contributed by atoms with E-state index in [0.717, 1.165) is 24.8 Å². The van der Waals surface area contributed by atoms with Crippen LogP contribution in [0.5, 0.6) is 11.6 Å². The maximum Gasteiger partial charge on any atom is 0.309 e. The molecule has 52 heavy (non-hydrogen) atoms. The fraction of sp³-hybridized carbons (Fsp3) is 0.351. The lowest BCUT2D eigenvalue weighted by Crippen LogP contribution is -2.35. The third kappa shape index (κ3) is 7.26. The molecule has 4 N–H and O–H groups in total. The number of nitrogens with zero attached hydrogens (tertiary/aromatic N) is 5. The molecule has 4 aromatic heterocycles. The first-order valence-corrected chi connectivity index (χ1v) is 17.8. The largest absolute Gasteiger partial charge is 0.493 e. The summed E-state index contributed by atoms with van der Waals surface area (Å²) in [6.07, 6.45) is 6.86. The van der Waals surface area contributed by atoms with E-state index in [9.17, 15) is 14.7 Å². The summed E-state index contributed by atoms with van der Waals surface area (Å²) >= 11 is 14.2. The number of fused-ring (bicyclic) bond motifs is 1. The van der Waals surface area contributed by atoms with Crippen molar-refractivity contribution in [2.24, 2.45) is 5.41 Å². The summed E-state index contributed by atoms with van der Waals surface area (Å²) in [7, 11) is 3.15. The monoisotopic (exact) mass is 744 g/mol. The standard InChI is InChI=1S/C37H38Cl2N8O5/c1-51-28-16-22(20-47-34(28)45-29(46-47)19-40-15-13-37(11-12-37)36(49)50)33-32(39)25(10-14-42-33)24-4-3-5-26(31(24)38)27-8-6-21(35(44-27)52-2)17-41-18-23-7-9-30(48)43-23/h3-6,8,10,14,16,20,23,40-41H,7,9,11-13,15,17-19H2,1-2H3,(H,43,48)(H,49,50). The lowest BCUT2D eigenvalue weighted by molar-refractivity contribution is -0.143. The minimum Gasteiger partial charge on any atom is -0.493 e. The van der Waals surface area contributed by atoms with Gasteiger partial charge in [-0.05, 0) is 50.4 Å². The first-order chi connectivity index (χ1) is 25.2. The number of hydrogen-bond acceptors (Lipinski definition) is 10. The zero-order chi connectivity index (χ0) is 36.4. The zero-order valence-electron chi connectivity index (χ0n) is 28.7. The quantitative estimate of drug-likeness (QED) is 0.0993. The fourth-order valence-electron chi connectivity index (χ4n) is 6.54. The highest BCUT2D eigenvalue weighted by molar-refractivity contribution is 6.39. The van der Waals surface area contributed by atoms with Crippen molar-refractivity contribution in [2.45, 2.75) is 51.2 Å². The van der Waals surface area contributed by atoms with Gasteiger partial charge in [0.05, 0.1) is 47.6 Å². The smallest absolute Gasteiger partial charge is 0.309 e. The van der Waals surface area contributed by atoms with Gasteiger partial charge in [-0.25, -0.2) is 14.5 Å². The van der Waals surface area contributed by atoms with Crippen molar-refractivity contribution in [1.29, 1.82) is 0 Å². The van der Waals surface area contributed by atoms with E-state index >= 15 is 0 Å². The normalized spacial score (nSPS) is 16.2. The summed E-state index contributed by atoms with van der Waals surface area (Å²) in [5, 5.41) is 24.6. The molecule has 15 heteroatoms. The molecule has 1 saturated heterocycles. The van der Waals surface area contributed by atoms with Crippen molar-refractivity contribution in [3.63, 3.8) is 0 Å². The van der Waals surface area contributed by atoms with Crippen LogP contribution < -0.4 is 25.4 Å². The van der Waals surface area contributed by atoms with Crippen LogP contribution in [0.15, 0.2) is 54.9 Å². The van der Waals surface area contributed by atoms with Gasteiger partial charge >= 0.3 is 5.97 Å². The lowest BCUT2D eigenvalue weighted by atomic mass is 10.00. The van der Waals surface area contributed by atoms with Crippen LogP contribution in [-0.4, -0.2) is 74.9 Å². The molecule has 0 radical (unpaired) electrons. The number of rotatable bonds is 15. The Kier molecular flexibility index (Phi) is 10.3. The van der Waals surface area contributed by atoms with E-state index in [2.05, 4.69) is 31.0 Å². The highest BCUT2D eigenvalue weighted by Crippen LogP contribution is 2.48. The number of carbonyl (C=O) groups excluding carboxylic acids is 1. The Morgan fingerprint density at radius 3 is 2.58 bits per heavy atom. The Morgan fingerprint density at radius 1 is 1.04 bits per heavy atom. The minimum absolute atomic E-state index is 0.0882. The molecule has 1 atom stereocenters. The van der Waals surface area contributed by atoms with Gasteiger partial charge in [0, 0.05) is 65.8 Å². The van der Waals surface area contributed by atoms with Gasteiger partial charge in [0.15, 0.2) is 17.2 Å². The average Bonchev–Trinajstić information content (AvgIpc) is 3.66. The molecule has 2 fully saturated rings. The van der Waals surface area contributed by atoms with Crippen molar-refractivity contribution in [1.82, 2.24) is 40.5 Å². The molecule has 1 aliphatic heterocycles. The Bertz CT molecular complexity index is 2150. The number of aromatic nitrogens is 5. The van der Waals surface area contributed by atoms with Crippen LogP contribution in [-0.2, 0) is 22.7 Å². The first-order valence-electron chi connectivity index (χ1n) is 17.0. The summed E-state index contributed by atoms with van der Waals surface area (Å²) in [4.78, 5) is 37.0. The highest BCUT2D eigenvalue weighted by atomic mass is 35.5. The van der Waals surface area contributed by atoms with E-state index in [-0.39, 0.29) is 11.9 Å². The van der Waals surface area contributed by atoms with E-state index in [1.54, 1.807) is 31.1 Å². The fourth-order valence-corrected chi connectivity index (χ4v) is 7.18. The van der Waals surface area contributed by atoms with Gasteiger partial charge in [-0.2, -0.15) is 0 Å². The van der Waals surface area contributed by atoms with Crippen LogP contribution in [0.3, 0.4) is 0 Å². The van der Waals surface area contributed by atoms with E-state index in [1.165, 1.54) is 0 Å². The number of methoxy groups -OCH3 is 2. The molecule has 1 unspecified atom stereocenters. The van der Waals surface area contributed by atoms with Crippen molar-refractivity contribution in [3.8, 4) is 45.3 Å². The van der Waals surface area contributed by atoms with E-state index in [1.807, 2.05) is 42.5 Å². The number of amides is 1. The molecule has 1 saturated carbocycles. The second kappa shape index (κ2) is 15.0. The van der Waals surface area contributed by atoms with Gasteiger partial charge in [0.2, 0.25) is 11.8 Å². The van der Waals surface area contributed by atoms with Crippen LogP contribution in [0.25, 0.3) is 39.3 Å². The number of carbonyl (C=O) groups is 2. The van der Waals surface area contributed by atoms with Gasteiger partial charge in [0.1, 0.15) is 0 Å². The summed E-state index contributed by atoms with van der Waals surface area (Å²) in [5.41, 5.74) is 4.74. The second-order valence-electron chi connectivity index (χ2n) is 13.1. The maximum atomic E-state index is 11.5. The highest BCUT2D eigenvalue weighted by Gasteiger charge is 2.49. The Labute approximate surface area is 310 Å². The maximum absolute atomic E-state index is 11.5. The van der Waals surface area contributed by atoms with E-state index < -0.39 is 11.4 Å². The molecule has 1 aromatic carbocycles. The molecule has 13 nitrogen and oxygen atoms in total. The number of aliphatic carboxylic acids is 1. The number of carboxylic acids is 1. The van der Waals surface area contributed by atoms with Gasteiger partial charge in [-0.3, -0.25) is 14.6 Å². The molecule has 270 valence electrons. The van der Waals surface area contributed by atoms with Crippen molar-refractivity contribution in [3.05, 3.63) is 76.3 Å². The Balaban J connectivity index is 1.11. The van der Waals surface area contributed by atoms with Crippen LogP contribution in [0.1, 0.15) is 43.5 Å². The molecular weight excluding hydrogens is 707 g/mol. The van der Waals surface area contributed by atoms with Crippen LogP contribution in [0.2, 0.25) is 10.0 Å². The summed E-state index contributed by atoms with van der Waals surface area (Å²) in [6, 6.07) is 13.3. The van der Waals surface area contributed by atoms with Crippen molar-refractivity contribution in [2.75, 3.05) is 27.3 Å². The summed E-state index contributed by atoms with van der Waals surface area (Å²) in [5.74, 6) is 0.870. The minimum atomic E-state index is -0.732. The third-order valence-electron chi connectivity index (χ3n) is 9.69. The SMILES string of the molecule is COc1nc(-c2cccc(-c3ccnc(-c4cc(OC)c5nc(CNCCC6(C(=O)O)CC6)nn5c4)c3Cl)c2Cl)ccc1CNCC1CCC(=O)N1. The van der Waals surface area contributed by atoms with Crippen LogP contribution in [0.4, 0.5) is 0 Å². The predicted octanol–water partition coefficient (Wildman–Crippen LogP) is 5.56. The van der Waals surface area contributed by atoms with Gasteiger partial charge in [-0.15, -0.1) is 5.10 Å². The van der Waals surface area contributed by atoms with Gasteiger partial charge in [-0.1, -0.05) is 47.5 Å². The molecule has 0 spiro atoms. The Hall–Kier alpha value is -4.82. The first kappa shape index (κ1) is 35.6. The number of hydrogen-bond donors (Lipinski definition) is 4. The summed E-state index contributed by atoms with van der Waals surface area (Å²) in [6.45, 7) is 2.12. The third-order valence-corrected chi connectivity index (χ3v) is 10.5. The summed E-state index contributed by atoms with van der Waals surface area (Å²) < 4.78 is 13.0. The number of halogens is 2. The predicted molar refractivity (Wildman–Crippen MR) is 197 cm³/mol. The van der Waals surface area contributed by atoms with E-state index in [0.29, 0.717) is 106 Å². The molecule has 1 amide bonds. The van der Waals surface area contributed by atoms with Crippen molar-refractivity contribution < 1.29 is 24.2 Å². The second-order valence-corrected chi connectivity index (χ2v) is 13.8. The van der Waals surface area contributed by atoms with Crippen LogP contribution >= 0.6 is 23.2 Å².